The fraction of sp³-hybridized carbons (Fsp3) is 0.800. The van der Waals surface area contributed by atoms with Gasteiger partial charge in [-0.25, -0.2) is 0 Å². The number of nitrogens with zero attached hydrogens (tertiary/aromatic N) is 1. The van der Waals surface area contributed by atoms with Crippen LogP contribution in [0.2, 0.25) is 0 Å². The Morgan fingerprint density at radius 3 is 2.40 bits per heavy atom. The third-order valence-corrected chi connectivity index (χ3v) is 3.01. The summed E-state index contributed by atoms with van der Waals surface area (Å²) in [6.45, 7) is 0.00517. The van der Waals surface area contributed by atoms with Crippen molar-refractivity contribution in [3.8, 4) is 0 Å². The molecule has 4 unspecified atom stereocenters. The molecule has 20 heavy (non-hydrogen) atoms. The van der Waals surface area contributed by atoms with E-state index in [2.05, 4.69) is 4.84 Å². The summed E-state index contributed by atoms with van der Waals surface area (Å²) in [5, 5.41) is 17.8. The molecule has 4 atom stereocenters. The van der Waals surface area contributed by atoms with Gasteiger partial charge in [0.05, 0.1) is 26.1 Å². The van der Waals surface area contributed by atoms with E-state index in [0.717, 1.165) is 0 Å². The molecule has 0 aromatic carbocycles. The lowest BCUT2D eigenvalue weighted by atomic mass is 10.1. The van der Waals surface area contributed by atoms with Crippen LogP contribution in [0, 0.1) is 10.1 Å². The van der Waals surface area contributed by atoms with Gasteiger partial charge in [0.25, 0.3) is 5.09 Å². The smallest absolute Gasteiger partial charge is 0.306 e. The van der Waals surface area contributed by atoms with Crippen molar-refractivity contribution >= 4 is 11.9 Å². The Labute approximate surface area is 112 Å². The Morgan fingerprint density at radius 2 is 1.80 bits per heavy atom. The maximum absolute atomic E-state index is 11.4. The van der Waals surface area contributed by atoms with Crippen LogP contribution in [0.15, 0.2) is 0 Å². The fourth-order valence-electron chi connectivity index (χ4n) is 2.17. The van der Waals surface area contributed by atoms with Crippen molar-refractivity contribution in [2.75, 3.05) is 13.2 Å². The summed E-state index contributed by atoms with van der Waals surface area (Å²) in [7, 11) is 0. The number of aliphatic carboxylic acids is 1. The highest BCUT2D eigenvalue weighted by molar-refractivity contribution is 5.76. The lowest BCUT2D eigenvalue weighted by molar-refractivity contribution is -0.769. The zero-order valence-electron chi connectivity index (χ0n) is 10.3. The molecular formula is C10H13NO9. The van der Waals surface area contributed by atoms with Crippen molar-refractivity contribution in [2.45, 2.75) is 37.3 Å². The van der Waals surface area contributed by atoms with Gasteiger partial charge in [-0.3, -0.25) is 9.59 Å². The number of carbonyl (C=O) groups is 2. The van der Waals surface area contributed by atoms with Crippen LogP contribution >= 0.6 is 0 Å². The molecule has 2 heterocycles. The summed E-state index contributed by atoms with van der Waals surface area (Å²) in [6.07, 6.45) is -3.43. The fourth-order valence-corrected chi connectivity index (χ4v) is 2.17. The molecule has 2 rings (SSSR count). The van der Waals surface area contributed by atoms with Gasteiger partial charge in [-0.2, -0.15) is 0 Å². The zero-order chi connectivity index (χ0) is 14.7. The summed E-state index contributed by atoms with van der Waals surface area (Å²) in [5.41, 5.74) is 0. The predicted molar refractivity (Wildman–Crippen MR) is 58.1 cm³/mol. The van der Waals surface area contributed by atoms with Crippen molar-refractivity contribution in [1.29, 1.82) is 0 Å². The van der Waals surface area contributed by atoms with Crippen LogP contribution in [0.25, 0.3) is 0 Å². The van der Waals surface area contributed by atoms with Crippen LogP contribution in [-0.4, -0.2) is 59.8 Å². The zero-order valence-corrected chi connectivity index (χ0v) is 10.3. The van der Waals surface area contributed by atoms with E-state index < -0.39 is 41.4 Å². The third kappa shape index (κ3) is 3.33. The number of rotatable bonds is 6. The standard InChI is InChI=1S/C10H13NO9/c12-7(13)1-2-8(14)19-5-3-17-10-6(20-11(15)16)4-18-9(5)10/h5-6,9-10H,1-4H2,(H,12,13). The topological polar surface area (TPSA) is 134 Å². The van der Waals surface area contributed by atoms with Gasteiger partial charge in [0.15, 0.2) is 12.2 Å². The minimum atomic E-state index is -1.10. The molecule has 2 aliphatic rings. The molecule has 0 aliphatic carbocycles. The average Bonchev–Trinajstić information content (AvgIpc) is 2.91. The number of hydrogen-bond acceptors (Lipinski definition) is 8. The number of esters is 1. The molecular weight excluding hydrogens is 278 g/mol. The second kappa shape index (κ2) is 6.01. The first-order valence-electron chi connectivity index (χ1n) is 5.93. The Kier molecular flexibility index (Phi) is 4.35. The van der Waals surface area contributed by atoms with E-state index in [1.165, 1.54) is 0 Å². The van der Waals surface area contributed by atoms with Gasteiger partial charge in [0.1, 0.15) is 12.2 Å². The summed E-state index contributed by atoms with van der Waals surface area (Å²) < 4.78 is 15.6. The Hall–Kier alpha value is -1.94. The molecule has 112 valence electrons. The number of carboxylic acid groups (broad SMARTS) is 1. The molecule has 0 radical (unpaired) electrons. The predicted octanol–water partition coefficient (Wildman–Crippen LogP) is -0.862. The second-order valence-electron chi connectivity index (χ2n) is 4.39. The maximum atomic E-state index is 11.4. The number of hydrogen-bond donors (Lipinski definition) is 1. The van der Waals surface area contributed by atoms with E-state index in [1.54, 1.807) is 0 Å². The minimum Gasteiger partial charge on any atom is -0.481 e. The van der Waals surface area contributed by atoms with Gasteiger partial charge < -0.3 is 24.2 Å². The monoisotopic (exact) mass is 291 g/mol. The third-order valence-electron chi connectivity index (χ3n) is 3.01. The van der Waals surface area contributed by atoms with E-state index in [0.29, 0.717) is 0 Å². The molecule has 1 N–H and O–H groups in total. The van der Waals surface area contributed by atoms with Gasteiger partial charge in [0.2, 0.25) is 0 Å². The molecule has 10 nitrogen and oxygen atoms in total. The summed E-state index contributed by atoms with van der Waals surface area (Å²) in [4.78, 5) is 36.4. The summed E-state index contributed by atoms with van der Waals surface area (Å²) in [6, 6.07) is 0. The lowest BCUT2D eigenvalue weighted by Gasteiger charge is -2.16. The lowest BCUT2D eigenvalue weighted by Crippen LogP contribution is -2.35. The summed E-state index contributed by atoms with van der Waals surface area (Å²) >= 11 is 0. The molecule has 0 bridgehead atoms. The number of carboxylic acids is 1. The quantitative estimate of drug-likeness (QED) is 0.376. The number of ether oxygens (including phenoxy) is 3. The van der Waals surface area contributed by atoms with E-state index in [1.807, 2.05) is 0 Å². The van der Waals surface area contributed by atoms with Crippen LogP contribution in [0.4, 0.5) is 0 Å². The number of fused-ring (bicyclic) bond motifs is 1. The first kappa shape index (κ1) is 14.5. The van der Waals surface area contributed by atoms with Crippen molar-refractivity contribution < 1.29 is 38.8 Å². The van der Waals surface area contributed by atoms with Crippen LogP contribution in [0.5, 0.6) is 0 Å². The molecule has 0 saturated carbocycles. The second-order valence-corrected chi connectivity index (χ2v) is 4.39. The van der Waals surface area contributed by atoms with Crippen LogP contribution in [0.3, 0.4) is 0 Å². The summed E-state index contributed by atoms with van der Waals surface area (Å²) in [5.74, 6) is -1.78. The SMILES string of the molecule is O=C(O)CCC(=O)OC1COC2C(O[N+](=O)[O-])COC12. The average molecular weight is 291 g/mol. The minimum absolute atomic E-state index is 0.0283. The Morgan fingerprint density at radius 1 is 1.20 bits per heavy atom. The van der Waals surface area contributed by atoms with Crippen LogP contribution in [0.1, 0.15) is 12.8 Å². The van der Waals surface area contributed by atoms with E-state index in [4.69, 9.17) is 19.3 Å². The van der Waals surface area contributed by atoms with Gasteiger partial charge in [-0.1, -0.05) is 0 Å². The first-order valence-corrected chi connectivity index (χ1v) is 5.93. The Balaban J connectivity index is 1.83. The van der Waals surface area contributed by atoms with E-state index >= 15 is 0 Å². The van der Waals surface area contributed by atoms with Gasteiger partial charge >= 0.3 is 11.9 Å². The van der Waals surface area contributed by atoms with Gasteiger partial charge in [-0.15, -0.1) is 10.1 Å². The van der Waals surface area contributed by atoms with Crippen LogP contribution < -0.4 is 0 Å². The van der Waals surface area contributed by atoms with E-state index in [9.17, 15) is 19.7 Å². The molecule has 0 spiro atoms. The molecule has 2 aliphatic heterocycles. The first-order chi connectivity index (χ1) is 9.47. The highest BCUT2D eigenvalue weighted by Gasteiger charge is 2.51. The van der Waals surface area contributed by atoms with Gasteiger partial charge in [0, 0.05) is 0 Å². The molecule has 2 saturated heterocycles. The Bertz CT molecular complexity index is 412. The van der Waals surface area contributed by atoms with Crippen molar-refractivity contribution in [3.63, 3.8) is 0 Å². The van der Waals surface area contributed by atoms with Crippen LogP contribution in [-0.2, 0) is 28.6 Å². The molecule has 2 fully saturated rings. The maximum Gasteiger partial charge on any atom is 0.306 e. The molecule has 0 aromatic heterocycles. The molecule has 0 amide bonds. The normalized spacial score (nSPS) is 31.6. The largest absolute Gasteiger partial charge is 0.481 e. The van der Waals surface area contributed by atoms with Gasteiger partial charge in [-0.05, 0) is 0 Å². The highest BCUT2D eigenvalue weighted by Crippen LogP contribution is 2.30. The number of carbonyl (C=O) groups excluding carboxylic acids is 1. The van der Waals surface area contributed by atoms with E-state index in [-0.39, 0.29) is 26.1 Å². The van der Waals surface area contributed by atoms with Crippen molar-refractivity contribution in [3.05, 3.63) is 10.1 Å². The molecule has 10 heteroatoms. The van der Waals surface area contributed by atoms with Crippen molar-refractivity contribution in [2.24, 2.45) is 0 Å². The molecule has 0 aromatic rings. The van der Waals surface area contributed by atoms with Crippen molar-refractivity contribution in [1.82, 2.24) is 0 Å². The highest BCUT2D eigenvalue weighted by atomic mass is 17.0.